The molecule has 1 aliphatic rings. The molecule has 1 saturated heterocycles. The van der Waals surface area contributed by atoms with Crippen molar-refractivity contribution in [1.82, 2.24) is 20.4 Å². The molecular formula is C20H24ClN5O3S. The van der Waals surface area contributed by atoms with E-state index in [9.17, 15) is 14.4 Å². The van der Waals surface area contributed by atoms with Crippen LogP contribution in [0, 0.1) is 5.92 Å². The van der Waals surface area contributed by atoms with Gasteiger partial charge in [0.25, 0.3) is 11.8 Å². The van der Waals surface area contributed by atoms with Gasteiger partial charge in [-0.3, -0.25) is 14.4 Å². The van der Waals surface area contributed by atoms with Crippen molar-refractivity contribution in [1.29, 1.82) is 0 Å². The molecule has 1 aliphatic heterocycles. The second kappa shape index (κ2) is 10.5. The standard InChI is InChI=1S/C20H24ClN5O3S/c1-2-3-9-22-16(27)13-6-5-10-26(12-13)20(29)19-25-24-18(30-19)17(28)23-15-8-4-7-14(21)11-15/h4,7-8,11,13H,2-3,5-6,9-10,12H2,1H3,(H,22,27)(H,23,28). The van der Waals surface area contributed by atoms with Crippen LogP contribution in [0.1, 0.15) is 52.2 Å². The molecule has 1 aromatic heterocycles. The van der Waals surface area contributed by atoms with E-state index in [0.717, 1.165) is 37.0 Å². The first-order valence-corrected chi connectivity index (χ1v) is 11.1. The molecule has 10 heteroatoms. The summed E-state index contributed by atoms with van der Waals surface area (Å²) in [5.41, 5.74) is 0.531. The number of anilines is 1. The van der Waals surface area contributed by atoms with Gasteiger partial charge in [0, 0.05) is 30.3 Å². The Hall–Kier alpha value is -2.52. The monoisotopic (exact) mass is 449 g/mol. The molecule has 1 aromatic carbocycles. The molecule has 1 unspecified atom stereocenters. The van der Waals surface area contributed by atoms with Crippen molar-refractivity contribution < 1.29 is 14.4 Å². The summed E-state index contributed by atoms with van der Waals surface area (Å²) >= 11 is 6.85. The number of carbonyl (C=O) groups excluding carboxylic acids is 3. The van der Waals surface area contributed by atoms with E-state index >= 15 is 0 Å². The predicted molar refractivity (Wildman–Crippen MR) is 116 cm³/mol. The highest BCUT2D eigenvalue weighted by atomic mass is 35.5. The number of hydrogen-bond acceptors (Lipinski definition) is 6. The Morgan fingerprint density at radius 2 is 2.07 bits per heavy atom. The highest BCUT2D eigenvalue weighted by Crippen LogP contribution is 2.21. The van der Waals surface area contributed by atoms with E-state index < -0.39 is 5.91 Å². The van der Waals surface area contributed by atoms with E-state index in [-0.39, 0.29) is 27.7 Å². The van der Waals surface area contributed by atoms with Crippen molar-refractivity contribution in [2.24, 2.45) is 5.92 Å². The number of piperidine rings is 1. The molecule has 1 fully saturated rings. The third kappa shape index (κ3) is 5.76. The van der Waals surface area contributed by atoms with Gasteiger partial charge in [-0.15, -0.1) is 10.2 Å². The Morgan fingerprint density at radius 3 is 2.83 bits per heavy atom. The Labute approximate surface area is 184 Å². The van der Waals surface area contributed by atoms with Crippen LogP contribution in [0.3, 0.4) is 0 Å². The number of aromatic nitrogens is 2. The van der Waals surface area contributed by atoms with Crippen LogP contribution in [-0.2, 0) is 4.79 Å². The van der Waals surface area contributed by atoms with Crippen molar-refractivity contribution in [3.8, 4) is 0 Å². The van der Waals surface area contributed by atoms with Gasteiger partial charge in [-0.25, -0.2) is 0 Å². The molecule has 30 heavy (non-hydrogen) atoms. The zero-order valence-corrected chi connectivity index (χ0v) is 18.3. The van der Waals surface area contributed by atoms with Gasteiger partial charge < -0.3 is 15.5 Å². The number of unbranched alkanes of at least 4 members (excludes halogenated alkanes) is 1. The van der Waals surface area contributed by atoms with Crippen molar-refractivity contribution in [2.45, 2.75) is 32.6 Å². The number of likely N-dealkylation sites (tertiary alicyclic amines) is 1. The number of nitrogens with zero attached hydrogens (tertiary/aromatic N) is 3. The number of carbonyl (C=O) groups is 3. The van der Waals surface area contributed by atoms with Crippen LogP contribution in [0.25, 0.3) is 0 Å². The van der Waals surface area contributed by atoms with E-state index in [1.54, 1.807) is 29.2 Å². The second-order valence-corrected chi connectivity index (χ2v) is 8.53. The zero-order valence-electron chi connectivity index (χ0n) is 16.7. The minimum Gasteiger partial charge on any atom is -0.356 e. The number of halogens is 1. The molecule has 2 heterocycles. The van der Waals surface area contributed by atoms with Crippen LogP contribution in [0.15, 0.2) is 24.3 Å². The van der Waals surface area contributed by atoms with Crippen molar-refractivity contribution in [3.63, 3.8) is 0 Å². The quantitative estimate of drug-likeness (QED) is 0.631. The molecular weight excluding hydrogens is 426 g/mol. The maximum absolute atomic E-state index is 12.8. The van der Waals surface area contributed by atoms with Gasteiger partial charge in [-0.2, -0.15) is 0 Å². The molecule has 3 rings (SSSR count). The predicted octanol–water partition coefficient (Wildman–Crippen LogP) is 3.21. The van der Waals surface area contributed by atoms with Crippen LogP contribution in [0.2, 0.25) is 5.02 Å². The van der Waals surface area contributed by atoms with E-state index in [4.69, 9.17) is 11.6 Å². The number of amides is 3. The third-order valence-electron chi connectivity index (χ3n) is 4.79. The van der Waals surface area contributed by atoms with Gasteiger partial charge in [0.05, 0.1) is 5.92 Å². The number of hydrogen-bond donors (Lipinski definition) is 2. The first-order valence-electron chi connectivity index (χ1n) is 9.95. The summed E-state index contributed by atoms with van der Waals surface area (Å²) < 4.78 is 0. The van der Waals surface area contributed by atoms with Crippen LogP contribution in [-0.4, -0.2) is 52.5 Å². The summed E-state index contributed by atoms with van der Waals surface area (Å²) in [5.74, 6) is -1.00. The average Bonchev–Trinajstić information content (AvgIpc) is 3.24. The average molecular weight is 450 g/mol. The molecule has 160 valence electrons. The topological polar surface area (TPSA) is 104 Å². The fourth-order valence-corrected chi connectivity index (χ4v) is 4.09. The molecule has 0 aliphatic carbocycles. The smallest absolute Gasteiger partial charge is 0.286 e. The second-order valence-electron chi connectivity index (χ2n) is 7.11. The van der Waals surface area contributed by atoms with Crippen molar-refractivity contribution in [3.05, 3.63) is 39.3 Å². The molecule has 0 saturated carbocycles. The Morgan fingerprint density at radius 1 is 1.27 bits per heavy atom. The van der Waals surface area contributed by atoms with Gasteiger partial charge in [0.1, 0.15) is 0 Å². The highest BCUT2D eigenvalue weighted by Gasteiger charge is 2.30. The van der Waals surface area contributed by atoms with Crippen molar-refractivity contribution >= 4 is 46.3 Å². The van der Waals surface area contributed by atoms with Gasteiger partial charge in [0.15, 0.2) is 0 Å². The molecule has 8 nitrogen and oxygen atoms in total. The summed E-state index contributed by atoms with van der Waals surface area (Å²) in [6.07, 6.45) is 3.45. The lowest BCUT2D eigenvalue weighted by atomic mass is 9.97. The lowest BCUT2D eigenvalue weighted by Crippen LogP contribution is -2.45. The van der Waals surface area contributed by atoms with E-state index in [1.807, 2.05) is 0 Å². The molecule has 0 spiro atoms. The minimum absolute atomic E-state index is 0.0141. The summed E-state index contributed by atoms with van der Waals surface area (Å²) in [7, 11) is 0. The van der Waals surface area contributed by atoms with E-state index in [0.29, 0.717) is 30.3 Å². The maximum Gasteiger partial charge on any atom is 0.286 e. The van der Waals surface area contributed by atoms with Crippen molar-refractivity contribution in [2.75, 3.05) is 25.0 Å². The molecule has 0 bridgehead atoms. The fraction of sp³-hybridized carbons (Fsp3) is 0.450. The first-order chi connectivity index (χ1) is 14.5. The maximum atomic E-state index is 12.8. The number of benzene rings is 1. The summed E-state index contributed by atoms with van der Waals surface area (Å²) in [4.78, 5) is 39.1. The largest absolute Gasteiger partial charge is 0.356 e. The molecule has 2 N–H and O–H groups in total. The summed E-state index contributed by atoms with van der Waals surface area (Å²) in [6, 6.07) is 6.75. The summed E-state index contributed by atoms with van der Waals surface area (Å²) in [6.45, 7) is 3.63. The van der Waals surface area contributed by atoms with Gasteiger partial charge >= 0.3 is 0 Å². The van der Waals surface area contributed by atoms with Crippen LogP contribution >= 0.6 is 22.9 Å². The van der Waals surface area contributed by atoms with E-state index in [1.165, 1.54) is 0 Å². The Kier molecular flexibility index (Phi) is 7.75. The minimum atomic E-state index is -0.458. The van der Waals surface area contributed by atoms with Gasteiger partial charge in [-0.05, 0) is 37.5 Å². The first kappa shape index (κ1) is 22.2. The van der Waals surface area contributed by atoms with Gasteiger partial charge in [0.2, 0.25) is 15.9 Å². The Bertz CT molecular complexity index is 919. The van der Waals surface area contributed by atoms with Crippen LogP contribution in [0.4, 0.5) is 5.69 Å². The molecule has 0 radical (unpaired) electrons. The number of rotatable bonds is 7. The lowest BCUT2D eigenvalue weighted by Gasteiger charge is -2.31. The highest BCUT2D eigenvalue weighted by molar-refractivity contribution is 7.15. The summed E-state index contributed by atoms with van der Waals surface area (Å²) in [5, 5.41) is 14.1. The molecule has 2 aromatic rings. The van der Waals surface area contributed by atoms with E-state index in [2.05, 4.69) is 27.8 Å². The zero-order chi connectivity index (χ0) is 21.5. The Balaban J connectivity index is 1.59. The lowest BCUT2D eigenvalue weighted by molar-refractivity contribution is -0.126. The molecule has 1 atom stereocenters. The third-order valence-corrected chi connectivity index (χ3v) is 5.94. The van der Waals surface area contributed by atoms with Gasteiger partial charge in [-0.1, -0.05) is 42.3 Å². The fourth-order valence-electron chi connectivity index (χ4n) is 3.20. The SMILES string of the molecule is CCCCNC(=O)C1CCCN(C(=O)c2nnc(C(=O)Nc3cccc(Cl)c3)s2)C1. The van der Waals surface area contributed by atoms with Crippen LogP contribution in [0.5, 0.6) is 0 Å². The molecule has 3 amide bonds. The van der Waals surface area contributed by atoms with Crippen LogP contribution < -0.4 is 10.6 Å². The normalized spacial score (nSPS) is 16.2. The number of nitrogens with one attached hydrogen (secondary N) is 2.